The van der Waals surface area contributed by atoms with E-state index < -0.39 is 10.0 Å². The largest absolute Gasteiger partial charge is 0.314 e. The Balaban J connectivity index is 1.72. The Labute approximate surface area is 98.4 Å². The molecule has 0 bridgehead atoms. The fraction of sp³-hybridized carbons (Fsp3) is 1.00. The minimum Gasteiger partial charge on any atom is -0.314 e. The van der Waals surface area contributed by atoms with Crippen molar-refractivity contribution < 1.29 is 8.42 Å². The molecule has 0 aromatic rings. The van der Waals surface area contributed by atoms with Gasteiger partial charge in [-0.1, -0.05) is 0 Å². The molecule has 5 heteroatoms. The van der Waals surface area contributed by atoms with E-state index in [0.717, 1.165) is 32.0 Å². The topological polar surface area (TPSA) is 49.4 Å². The zero-order valence-electron chi connectivity index (χ0n) is 9.98. The van der Waals surface area contributed by atoms with E-state index in [0.29, 0.717) is 12.5 Å². The van der Waals surface area contributed by atoms with E-state index in [-0.39, 0.29) is 0 Å². The maximum atomic E-state index is 11.4. The van der Waals surface area contributed by atoms with E-state index in [1.165, 1.54) is 25.5 Å². The summed E-state index contributed by atoms with van der Waals surface area (Å²) >= 11 is 0. The van der Waals surface area contributed by atoms with E-state index in [1.807, 2.05) is 0 Å². The zero-order chi connectivity index (χ0) is 11.6. The fourth-order valence-electron chi connectivity index (χ4n) is 2.34. The third-order valence-electron chi connectivity index (χ3n) is 3.51. The molecule has 1 heterocycles. The van der Waals surface area contributed by atoms with Crippen LogP contribution in [0.25, 0.3) is 0 Å². The Bertz CT molecular complexity index is 325. The van der Waals surface area contributed by atoms with Crippen molar-refractivity contribution in [2.45, 2.75) is 38.1 Å². The lowest BCUT2D eigenvalue weighted by Crippen LogP contribution is -2.40. The Kier molecular flexibility index (Phi) is 3.87. The number of nitrogens with zero attached hydrogens (tertiary/aromatic N) is 1. The monoisotopic (exact) mass is 246 g/mol. The van der Waals surface area contributed by atoms with Gasteiger partial charge in [0.1, 0.15) is 0 Å². The minimum atomic E-state index is -2.97. The van der Waals surface area contributed by atoms with Crippen molar-refractivity contribution >= 4 is 10.0 Å². The van der Waals surface area contributed by atoms with Gasteiger partial charge in [-0.25, -0.2) is 12.7 Å². The van der Waals surface area contributed by atoms with Crippen molar-refractivity contribution in [3.63, 3.8) is 0 Å². The average Bonchev–Trinajstić information content (AvgIpc) is 3.01. The van der Waals surface area contributed by atoms with Gasteiger partial charge in [0, 0.05) is 19.1 Å². The Hall–Kier alpha value is -0.130. The average molecular weight is 246 g/mol. The summed E-state index contributed by atoms with van der Waals surface area (Å²) in [5.41, 5.74) is 0. The summed E-state index contributed by atoms with van der Waals surface area (Å²) in [7, 11) is -2.97. The summed E-state index contributed by atoms with van der Waals surface area (Å²) in [6, 6.07) is 0.759. The normalized spacial score (nSPS) is 28.2. The molecule has 0 aromatic carbocycles. The fourth-order valence-corrected chi connectivity index (χ4v) is 3.29. The Morgan fingerprint density at radius 1 is 1.31 bits per heavy atom. The van der Waals surface area contributed by atoms with E-state index in [4.69, 9.17) is 0 Å². The molecule has 16 heavy (non-hydrogen) atoms. The first kappa shape index (κ1) is 12.3. The van der Waals surface area contributed by atoms with Gasteiger partial charge in [-0.2, -0.15) is 0 Å². The summed E-state index contributed by atoms with van der Waals surface area (Å²) in [6.45, 7) is 2.49. The number of hydrogen-bond acceptors (Lipinski definition) is 3. The zero-order valence-corrected chi connectivity index (χ0v) is 10.8. The van der Waals surface area contributed by atoms with Crippen LogP contribution < -0.4 is 5.32 Å². The highest BCUT2D eigenvalue weighted by Crippen LogP contribution is 2.22. The highest BCUT2D eigenvalue weighted by atomic mass is 32.2. The molecule has 1 N–H and O–H groups in total. The second kappa shape index (κ2) is 5.02. The van der Waals surface area contributed by atoms with Gasteiger partial charge in [0.15, 0.2) is 0 Å². The molecular weight excluding hydrogens is 224 g/mol. The molecule has 0 radical (unpaired) electrons. The maximum absolute atomic E-state index is 11.4. The van der Waals surface area contributed by atoms with Crippen LogP contribution in [0, 0.1) is 5.92 Å². The molecule has 2 aliphatic rings. The van der Waals surface area contributed by atoms with Gasteiger partial charge in [-0.15, -0.1) is 0 Å². The number of sulfonamides is 1. The molecule has 1 saturated carbocycles. The molecule has 0 aromatic heterocycles. The summed E-state index contributed by atoms with van der Waals surface area (Å²) in [5, 5.41) is 3.49. The van der Waals surface area contributed by atoms with Gasteiger partial charge in [-0.3, -0.25) is 0 Å². The first-order chi connectivity index (χ1) is 7.55. The van der Waals surface area contributed by atoms with Gasteiger partial charge in [0.05, 0.1) is 6.26 Å². The van der Waals surface area contributed by atoms with Crippen molar-refractivity contribution in [2.75, 3.05) is 25.9 Å². The van der Waals surface area contributed by atoms with Gasteiger partial charge in [-0.05, 0) is 44.6 Å². The molecule has 4 nitrogen and oxygen atoms in total. The summed E-state index contributed by atoms with van der Waals surface area (Å²) in [4.78, 5) is 0. The lowest BCUT2D eigenvalue weighted by atomic mass is 9.96. The van der Waals surface area contributed by atoms with Crippen molar-refractivity contribution in [1.82, 2.24) is 9.62 Å². The third kappa shape index (κ3) is 3.71. The predicted molar refractivity (Wildman–Crippen MR) is 64.8 cm³/mol. The van der Waals surface area contributed by atoms with Gasteiger partial charge in [0.25, 0.3) is 0 Å². The number of hydrogen-bond donors (Lipinski definition) is 1. The number of piperidine rings is 1. The Morgan fingerprint density at radius 2 is 2.06 bits per heavy atom. The molecule has 2 rings (SSSR count). The smallest absolute Gasteiger partial charge is 0.211 e. The van der Waals surface area contributed by atoms with Crippen molar-refractivity contribution in [3.05, 3.63) is 0 Å². The highest BCUT2D eigenvalue weighted by molar-refractivity contribution is 7.88. The second-order valence-corrected chi connectivity index (χ2v) is 7.13. The number of nitrogens with one attached hydrogen (secondary N) is 1. The van der Waals surface area contributed by atoms with Gasteiger partial charge < -0.3 is 5.32 Å². The molecule has 1 unspecified atom stereocenters. The van der Waals surface area contributed by atoms with Gasteiger partial charge >= 0.3 is 0 Å². The molecule has 1 atom stereocenters. The molecule has 1 aliphatic carbocycles. The summed E-state index contributed by atoms with van der Waals surface area (Å²) < 4.78 is 24.5. The van der Waals surface area contributed by atoms with Crippen molar-refractivity contribution in [2.24, 2.45) is 5.92 Å². The van der Waals surface area contributed by atoms with Crippen LogP contribution in [0.3, 0.4) is 0 Å². The minimum absolute atomic E-state index is 0.551. The highest BCUT2D eigenvalue weighted by Gasteiger charge is 2.26. The second-order valence-electron chi connectivity index (χ2n) is 5.15. The van der Waals surface area contributed by atoms with E-state index >= 15 is 0 Å². The van der Waals surface area contributed by atoms with E-state index in [2.05, 4.69) is 5.32 Å². The molecule has 0 amide bonds. The summed E-state index contributed by atoms with van der Waals surface area (Å²) in [5.74, 6) is 0.551. The molecule has 94 valence electrons. The predicted octanol–water partition coefficient (Wildman–Crippen LogP) is 0.800. The first-order valence-electron chi connectivity index (χ1n) is 6.24. The molecule has 0 spiro atoms. The maximum Gasteiger partial charge on any atom is 0.211 e. The quantitative estimate of drug-likeness (QED) is 0.780. The van der Waals surface area contributed by atoms with Crippen LogP contribution >= 0.6 is 0 Å². The van der Waals surface area contributed by atoms with E-state index in [1.54, 1.807) is 4.31 Å². The van der Waals surface area contributed by atoms with Crippen molar-refractivity contribution in [3.8, 4) is 0 Å². The number of rotatable bonds is 5. The van der Waals surface area contributed by atoms with Crippen LogP contribution in [0.4, 0.5) is 0 Å². The van der Waals surface area contributed by atoms with E-state index in [9.17, 15) is 8.42 Å². The SMILES string of the molecule is CS(=O)(=O)N1CCCC(CCNC2CC2)C1. The standard InChI is InChI=1S/C11H22N2O2S/c1-16(14,15)13-8-2-3-10(9-13)6-7-12-11-4-5-11/h10-12H,2-9H2,1H3. The van der Waals surface area contributed by atoms with Crippen LogP contribution in [0.2, 0.25) is 0 Å². The Morgan fingerprint density at radius 3 is 2.69 bits per heavy atom. The summed E-state index contributed by atoms with van der Waals surface area (Å²) in [6.07, 6.45) is 7.26. The molecular formula is C11H22N2O2S. The van der Waals surface area contributed by atoms with Crippen LogP contribution in [-0.2, 0) is 10.0 Å². The molecule has 1 saturated heterocycles. The lowest BCUT2D eigenvalue weighted by molar-refractivity contribution is 0.255. The van der Waals surface area contributed by atoms with Crippen LogP contribution in [-0.4, -0.2) is 44.7 Å². The molecule has 1 aliphatic heterocycles. The first-order valence-corrected chi connectivity index (χ1v) is 8.09. The van der Waals surface area contributed by atoms with Crippen LogP contribution in [0.5, 0.6) is 0 Å². The van der Waals surface area contributed by atoms with Gasteiger partial charge in [0.2, 0.25) is 10.0 Å². The van der Waals surface area contributed by atoms with Crippen LogP contribution in [0.1, 0.15) is 32.1 Å². The van der Waals surface area contributed by atoms with Crippen molar-refractivity contribution in [1.29, 1.82) is 0 Å². The third-order valence-corrected chi connectivity index (χ3v) is 4.78. The lowest BCUT2D eigenvalue weighted by Gasteiger charge is -2.31. The van der Waals surface area contributed by atoms with Crippen LogP contribution in [0.15, 0.2) is 0 Å². The molecule has 2 fully saturated rings.